The number of aryl methyl sites for hydroxylation is 1. The number of methoxy groups -OCH3 is 2. The van der Waals surface area contributed by atoms with Crippen molar-refractivity contribution in [1.29, 1.82) is 0 Å². The van der Waals surface area contributed by atoms with Gasteiger partial charge in [0, 0.05) is 58.4 Å². The number of benzene rings is 3. The molecule has 4 atom stereocenters. The van der Waals surface area contributed by atoms with Crippen LogP contribution in [-0.2, 0) is 35.6 Å². The molecule has 2 fully saturated rings. The molecule has 0 aliphatic carbocycles. The van der Waals surface area contributed by atoms with Crippen LogP contribution in [0.3, 0.4) is 0 Å². The Morgan fingerprint density at radius 2 is 1.63 bits per heavy atom. The zero-order chi connectivity index (χ0) is 35.8. The Kier molecular flexibility index (Phi) is 12.9. The third-order valence-corrected chi connectivity index (χ3v) is 12.0. The Labute approximate surface area is 303 Å². The van der Waals surface area contributed by atoms with E-state index in [1.54, 1.807) is 30.7 Å². The lowest BCUT2D eigenvalue weighted by Gasteiger charge is -2.43. The monoisotopic (exact) mass is 723 g/mol. The lowest BCUT2D eigenvalue weighted by Crippen LogP contribution is -2.55. The van der Waals surface area contributed by atoms with Crippen LogP contribution in [-0.4, -0.2) is 122 Å². The lowest BCUT2D eigenvalue weighted by atomic mass is 9.85. The van der Waals surface area contributed by atoms with Crippen LogP contribution >= 0.6 is 0 Å². The largest absolute Gasteiger partial charge is 0.497 e. The summed E-state index contributed by atoms with van der Waals surface area (Å²) in [6.07, 6.45) is -0.0361. The zero-order valence-electron chi connectivity index (χ0n) is 30.4. The van der Waals surface area contributed by atoms with Crippen molar-refractivity contribution in [3.8, 4) is 11.5 Å². The van der Waals surface area contributed by atoms with Gasteiger partial charge in [-0.1, -0.05) is 35.9 Å². The summed E-state index contributed by atoms with van der Waals surface area (Å²) in [4.78, 5) is 4.96. The van der Waals surface area contributed by atoms with Crippen molar-refractivity contribution in [2.24, 2.45) is 0 Å². The number of sulfonamides is 1. The van der Waals surface area contributed by atoms with Gasteiger partial charge in [-0.25, -0.2) is 8.42 Å². The van der Waals surface area contributed by atoms with Gasteiger partial charge in [-0.15, -0.1) is 0 Å². The average molecular weight is 724 g/mol. The summed E-state index contributed by atoms with van der Waals surface area (Å²) in [5, 5.41) is 0. The molecular formula is C39H53N3O8S. The molecule has 0 radical (unpaired) electrons. The quantitative estimate of drug-likeness (QED) is 0.205. The van der Waals surface area contributed by atoms with Crippen molar-refractivity contribution in [3.05, 3.63) is 83.4 Å². The maximum absolute atomic E-state index is 14.2. The molecule has 12 heteroatoms. The van der Waals surface area contributed by atoms with Crippen molar-refractivity contribution in [2.75, 3.05) is 91.4 Å². The molecule has 2 saturated heterocycles. The van der Waals surface area contributed by atoms with Crippen LogP contribution in [0.25, 0.3) is 0 Å². The van der Waals surface area contributed by atoms with Gasteiger partial charge in [0.2, 0.25) is 10.0 Å². The third kappa shape index (κ3) is 9.23. The van der Waals surface area contributed by atoms with Crippen LogP contribution < -0.4 is 14.4 Å². The normalized spacial score (nSPS) is 23.1. The van der Waals surface area contributed by atoms with Crippen molar-refractivity contribution in [2.45, 2.75) is 55.9 Å². The molecule has 3 aliphatic heterocycles. The second kappa shape index (κ2) is 17.5. The van der Waals surface area contributed by atoms with E-state index >= 15 is 0 Å². The molecule has 11 nitrogen and oxygen atoms in total. The van der Waals surface area contributed by atoms with Gasteiger partial charge in [-0.2, -0.15) is 4.31 Å². The van der Waals surface area contributed by atoms with Crippen molar-refractivity contribution in [3.63, 3.8) is 0 Å². The van der Waals surface area contributed by atoms with Crippen molar-refractivity contribution < 1.29 is 36.8 Å². The predicted molar refractivity (Wildman–Crippen MR) is 196 cm³/mol. The number of hydrogen-bond donors (Lipinski definition) is 0. The van der Waals surface area contributed by atoms with E-state index < -0.39 is 22.2 Å². The molecule has 3 aromatic carbocycles. The van der Waals surface area contributed by atoms with Gasteiger partial charge in [0.25, 0.3) is 0 Å². The molecule has 278 valence electrons. The minimum atomic E-state index is -3.84. The minimum absolute atomic E-state index is 0.185. The summed E-state index contributed by atoms with van der Waals surface area (Å²) in [5.74, 6) is 1.38. The number of nitrogens with zero attached hydrogens (tertiary/aromatic N) is 3. The number of piperidine rings is 1. The minimum Gasteiger partial charge on any atom is -0.497 e. The van der Waals surface area contributed by atoms with E-state index in [1.807, 2.05) is 55.5 Å². The van der Waals surface area contributed by atoms with Gasteiger partial charge >= 0.3 is 0 Å². The molecule has 0 saturated carbocycles. The van der Waals surface area contributed by atoms with Gasteiger partial charge in [0.15, 0.2) is 0 Å². The fourth-order valence-corrected chi connectivity index (χ4v) is 8.69. The molecule has 0 amide bonds. The predicted octanol–water partition coefficient (Wildman–Crippen LogP) is 4.72. The smallest absolute Gasteiger partial charge is 0.243 e. The molecule has 0 N–H and O–H groups in total. The summed E-state index contributed by atoms with van der Waals surface area (Å²) in [6.45, 7) is 11.2. The highest BCUT2D eigenvalue weighted by Crippen LogP contribution is 2.37. The first-order valence-corrected chi connectivity index (χ1v) is 19.5. The molecule has 0 bridgehead atoms. The first kappa shape index (κ1) is 37.5. The SMILES string of the molecule is COCCCN1CCOc2ccc(CO[C@H]3CN(S(=O)(=O)c4ccc(C)cc4)C[C@@H](OCCN4CCOCC4C)[C@@H]3c3ccc(OC)cc3)cc21. The molecule has 0 aromatic heterocycles. The number of ether oxygens (including phenoxy) is 6. The molecular weight excluding hydrogens is 671 g/mol. The molecule has 3 aromatic rings. The summed E-state index contributed by atoms with van der Waals surface area (Å²) < 4.78 is 65.9. The zero-order valence-corrected chi connectivity index (χ0v) is 31.2. The van der Waals surface area contributed by atoms with E-state index in [2.05, 4.69) is 22.8 Å². The molecule has 3 heterocycles. The van der Waals surface area contributed by atoms with Crippen LogP contribution in [0.15, 0.2) is 71.6 Å². The van der Waals surface area contributed by atoms with E-state index in [4.69, 9.17) is 28.4 Å². The summed E-state index contributed by atoms with van der Waals surface area (Å²) in [5.41, 5.74) is 4.04. The van der Waals surface area contributed by atoms with Gasteiger partial charge in [0.05, 0.1) is 62.9 Å². The number of morpholine rings is 1. The Morgan fingerprint density at radius 3 is 2.35 bits per heavy atom. The highest BCUT2D eigenvalue weighted by atomic mass is 32.2. The molecule has 0 spiro atoms. The summed E-state index contributed by atoms with van der Waals surface area (Å²) in [7, 11) is -0.464. The van der Waals surface area contributed by atoms with Crippen LogP contribution in [0.4, 0.5) is 5.69 Å². The topological polar surface area (TPSA) is 99.2 Å². The van der Waals surface area contributed by atoms with E-state index in [9.17, 15) is 8.42 Å². The molecule has 3 aliphatic rings. The standard InChI is InChI=1S/C39H53N3O8S/c1-29-6-13-34(14-7-29)51(43,44)42-25-37(49-22-18-40-17-21-47-27-30(40)2)39(32-9-11-33(46-4)12-10-32)38(26-42)50-28-31-8-15-36-35(24-31)41(19-23-48-36)16-5-20-45-3/h6-15,24,30,37-39H,5,16-23,25-28H2,1-4H3/t30?,37-,38+,39+/m1/s1. The second-order valence-corrected chi connectivity index (χ2v) is 15.6. The second-order valence-electron chi connectivity index (χ2n) is 13.6. The van der Waals surface area contributed by atoms with E-state index in [1.165, 1.54) is 0 Å². The van der Waals surface area contributed by atoms with Crippen molar-refractivity contribution in [1.82, 2.24) is 9.21 Å². The van der Waals surface area contributed by atoms with Crippen LogP contribution in [0.1, 0.15) is 36.0 Å². The van der Waals surface area contributed by atoms with Crippen LogP contribution in [0.2, 0.25) is 0 Å². The maximum atomic E-state index is 14.2. The fraction of sp³-hybridized carbons (Fsp3) is 0.538. The first-order valence-electron chi connectivity index (χ1n) is 18.0. The highest BCUT2D eigenvalue weighted by Gasteiger charge is 2.44. The van der Waals surface area contributed by atoms with Crippen molar-refractivity contribution >= 4 is 15.7 Å². The summed E-state index contributed by atoms with van der Waals surface area (Å²) >= 11 is 0. The first-order chi connectivity index (χ1) is 24.8. The van der Waals surface area contributed by atoms with Gasteiger partial charge in [-0.3, -0.25) is 4.90 Å². The highest BCUT2D eigenvalue weighted by molar-refractivity contribution is 7.89. The average Bonchev–Trinajstić information content (AvgIpc) is 3.15. The fourth-order valence-electron chi connectivity index (χ4n) is 7.22. The number of rotatable bonds is 15. The Hall–Kier alpha value is -3.23. The maximum Gasteiger partial charge on any atom is 0.243 e. The van der Waals surface area contributed by atoms with Gasteiger partial charge in [0.1, 0.15) is 18.1 Å². The van der Waals surface area contributed by atoms with Gasteiger partial charge in [-0.05, 0) is 67.8 Å². The van der Waals surface area contributed by atoms with E-state index in [0.717, 1.165) is 66.5 Å². The third-order valence-electron chi connectivity index (χ3n) is 10.2. The van der Waals surface area contributed by atoms with Crippen LogP contribution in [0, 0.1) is 6.92 Å². The molecule has 6 rings (SSSR count). The number of anilines is 1. The Balaban J connectivity index is 1.29. The molecule has 1 unspecified atom stereocenters. The summed E-state index contributed by atoms with van der Waals surface area (Å²) in [6, 6.07) is 21.4. The van der Waals surface area contributed by atoms with Gasteiger partial charge < -0.3 is 33.3 Å². The lowest BCUT2D eigenvalue weighted by molar-refractivity contribution is -0.0864. The number of fused-ring (bicyclic) bond motifs is 1. The van der Waals surface area contributed by atoms with E-state index in [-0.39, 0.29) is 23.9 Å². The Morgan fingerprint density at radius 1 is 0.863 bits per heavy atom. The molecule has 51 heavy (non-hydrogen) atoms. The number of hydrogen-bond acceptors (Lipinski definition) is 10. The van der Waals surface area contributed by atoms with Crippen LogP contribution in [0.5, 0.6) is 11.5 Å². The van der Waals surface area contributed by atoms with E-state index in [0.29, 0.717) is 45.7 Å². The Bertz CT molecular complexity index is 1660.